The van der Waals surface area contributed by atoms with Gasteiger partial charge < -0.3 is 9.84 Å². The molecule has 0 bridgehead atoms. The van der Waals surface area contributed by atoms with Crippen LogP contribution in [0.4, 0.5) is 0 Å². The summed E-state index contributed by atoms with van der Waals surface area (Å²) in [5.74, 6) is 2.37. The lowest BCUT2D eigenvalue weighted by Crippen LogP contribution is -2.39. The van der Waals surface area contributed by atoms with E-state index in [1.807, 2.05) is 13.8 Å². The maximum absolute atomic E-state index is 9.93. The van der Waals surface area contributed by atoms with E-state index in [9.17, 15) is 5.11 Å². The fraction of sp³-hybridized carbons (Fsp3) is 0.778. The van der Waals surface area contributed by atoms with E-state index >= 15 is 0 Å². The van der Waals surface area contributed by atoms with Crippen molar-refractivity contribution in [2.24, 2.45) is 5.92 Å². The van der Waals surface area contributed by atoms with Crippen LogP contribution in [0.1, 0.15) is 20.3 Å². The van der Waals surface area contributed by atoms with Crippen LogP contribution < -0.4 is 0 Å². The third kappa shape index (κ3) is 1.28. The van der Waals surface area contributed by atoms with Gasteiger partial charge in [0.15, 0.2) is 10.6 Å². The highest BCUT2D eigenvalue weighted by Gasteiger charge is 2.50. The number of alkyl halides is 1. The van der Waals surface area contributed by atoms with Crippen LogP contribution in [0, 0.1) is 18.3 Å². The van der Waals surface area contributed by atoms with E-state index in [0.29, 0.717) is 0 Å². The molecule has 1 fully saturated rings. The van der Waals surface area contributed by atoms with E-state index in [0.717, 1.165) is 6.42 Å². The second kappa shape index (κ2) is 3.37. The second-order valence-electron chi connectivity index (χ2n) is 3.16. The molecule has 0 spiro atoms. The van der Waals surface area contributed by atoms with Gasteiger partial charge in [0.25, 0.3) is 0 Å². The average molecular weight is 233 g/mol. The number of hydrogen-bond acceptors (Lipinski definition) is 2. The SMILES string of the molecule is C#C[C@]1(O)C(Br)O[C@H](CC)[C@H]1C. The minimum atomic E-state index is -1.15. The summed E-state index contributed by atoms with van der Waals surface area (Å²) in [4.78, 5) is 0. The van der Waals surface area contributed by atoms with Crippen LogP contribution in [0.15, 0.2) is 0 Å². The zero-order valence-electron chi connectivity index (χ0n) is 7.25. The van der Waals surface area contributed by atoms with Crippen molar-refractivity contribution < 1.29 is 9.84 Å². The Kier molecular flexibility index (Phi) is 2.82. The number of rotatable bonds is 1. The summed E-state index contributed by atoms with van der Waals surface area (Å²) in [6, 6.07) is 0. The molecule has 3 heteroatoms. The van der Waals surface area contributed by atoms with Crippen molar-refractivity contribution in [2.75, 3.05) is 0 Å². The number of terminal acetylenes is 1. The van der Waals surface area contributed by atoms with Gasteiger partial charge >= 0.3 is 0 Å². The van der Waals surface area contributed by atoms with E-state index in [1.165, 1.54) is 0 Å². The molecule has 0 amide bonds. The van der Waals surface area contributed by atoms with Crippen LogP contribution in [0.2, 0.25) is 0 Å². The lowest BCUT2D eigenvalue weighted by Gasteiger charge is -2.22. The summed E-state index contributed by atoms with van der Waals surface area (Å²) in [5.41, 5.74) is -1.15. The zero-order valence-corrected chi connectivity index (χ0v) is 8.84. The first-order valence-corrected chi connectivity index (χ1v) is 4.97. The van der Waals surface area contributed by atoms with Gasteiger partial charge in [0.1, 0.15) is 0 Å². The zero-order chi connectivity index (χ0) is 9.35. The number of halogens is 1. The highest BCUT2D eigenvalue weighted by atomic mass is 79.9. The van der Waals surface area contributed by atoms with E-state index in [-0.39, 0.29) is 12.0 Å². The molecule has 12 heavy (non-hydrogen) atoms. The lowest BCUT2D eigenvalue weighted by molar-refractivity contribution is 0.0384. The number of aliphatic hydroxyl groups is 1. The van der Waals surface area contributed by atoms with Crippen molar-refractivity contribution in [3.8, 4) is 12.3 Å². The Balaban J connectivity index is 2.85. The van der Waals surface area contributed by atoms with Crippen LogP contribution in [0.5, 0.6) is 0 Å². The summed E-state index contributed by atoms with van der Waals surface area (Å²) in [6.45, 7) is 3.93. The van der Waals surface area contributed by atoms with Crippen molar-refractivity contribution in [2.45, 2.75) is 37.0 Å². The maximum Gasteiger partial charge on any atom is 0.166 e. The van der Waals surface area contributed by atoms with Crippen molar-refractivity contribution in [1.29, 1.82) is 0 Å². The third-order valence-electron chi connectivity index (χ3n) is 2.53. The first-order valence-electron chi connectivity index (χ1n) is 4.06. The average Bonchev–Trinajstić information content (AvgIpc) is 2.30. The summed E-state index contributed by atoms with van der Waals surface area (Å²) >= 11 is 3.23. The van der Waals surface area contributed by atoms with Crippen molar-refractivity contribution in [1.82, 2.24) is 0 Å². The Morgan fingerprint density at radius 3 is 2.58 bits per heavy atom. The molecule has 0 aromatic heterocycles. The topological polar surface area (TPSA) is 29.5 Å². The highest BCUT2D eigenvalue weighted by molar-refractivity contribution is 9.09. The van der Waals surface area contributed by atoms with Gasteiger partial charge in [-0.2, -0.15) is 0 Å². The fourth-order valence-electron chi connectivity index (χ4n) is 1.51. The molecule has 1 aliphatic heterocycles. The van der Waals surface area contributed by atoms with E-state index in [1.54, 1.807) is 0 Å². The third-order valence-corrected chi connectivity index (χ3v) is 3.44. The minimum Gasteiger partial charge on any atom is -0.374 e. The number of hydrogen-bond donors (Lipinski definition) is 1. The van der Waals surface area contributed by atoms with Crippen molar-refractivity contribution in [3.05, 3.63) is 0 Å². The molecule has 1 saturated heterocycles. The molecule has 1 N–H and O–H groups in total. The Labute approximate surface area is 81.4 Å². The molecule has 0 aromatic carbocycles. The molecule has 1 unspecified atom stereocenters. The largest absolute Gasteiger partial charge is 0.374 e. The van der Waals surface area contributed by atoms with Gasteiger partial charge in [-0.15, -0.1) is 6.42 Å². The Bertz CT molecular complexity index is 211. The van der Waals surface area contributed by atoms with Gasteiger partial charge in [-0.25, -0.2) is 0 Å². The summed E-state index contributed by atoms with van der Waals surface area (Å²) < 4.78 is 5.45. The predicted molar refractivity (Wildman–Crippen MR) is 50.8 cm³/mol. The van der Waals surface area contributed by atoms with E-state index < -0.39 is 10.6 Å². The van der Waals surface area contributed by atoms with Crippen LogP contribution >= 0.6 is 15.9 Å². The van der Waals surface area contributed by atoms with Crippen LogP contribution in [0.3, 0.4) is 0 Å². The molecule has 1 heterocycles. The maximum atomic E-state index is 9.93. The Morgan fingerprint density at radius 2 is 2.33 bits per heavy atom. The quantitative estimate of drug-likeness (QED) is 0.549. The Hall–Kier alpha value is -0.0400. The normalized spacial score (nSPS) is 47.4. The van der Waals surface area contributed by atoms with Crippen LogP contribution in [0.25, 0.3) is 0 Å². The van der Waals surface area contributed by atoms with Crippen LogP contribution in [-0.4, -0.2) is 21.8 Å². The van der Waals surface area contributed by atoms with Gasteiger partial charge in [-0.1, -0.05) is 35.7 Å². The molecule has 2 nitrogen and oxygen atoms in total. The molecular weight excluding hydrogens is 220 g/mol. The van der Waals surface area contributed by atoms with Gasteiger partial charge in [0.2, 0.25) is 0 Å². The predicted octanol–water partition coefficient (Wildman–Crippen LogP) is 1.52. The standard InChI is InChI=1S/C9H13BrO2/c1-4-7-6(3)9(11,5-2)8(10)12-7/h2,6-8,11H,4H2,1,3H3/t6-,7-,8?,9-/m1/s1. The molecule has 0 aromatic rings. The molecule has 1 rings (SSSR count). The highest BCUT2D eigenvalue weighted by Crippen LogP contribution is 2.39. The van der Waals surface area contributed by atoms with Gasteiger partial charge in [0.05, 0.1) is 6.10 Å². The summed E-state index contributed by atoms with van der Waals surface area (Å²) in [5, 5.41) is 9.50. The van der Waals surface area contributed by atoms with E-state index in [4.69, 9.17) is 11.2 Å². The molecule has 4 atom stereocenters. The lowest BCUT2D eigenvalue weighted by atomic mass is 9.88. The Morgan fingerprint density at radius 1 is 1.75 bits per heavy atom. The molecule has 0 aliphatic carbocycles. The monoisotopic (exact) mass is 232 g/mol. The smallest absolute Gasteiger partial charge is 0.166 e. The first-order chi connectivity index (χ1) is 5.56. The van der Waals surface area contributed by atoms with Gasteiger partial charge in [-0.3, -0.25) is 0 Å². The number of ether oxygens (including phenoxy) is 1. The van der Waals surface area contributed by atoms with Crippen molar-refractivity contribution >= 4 is 15.9 Å². The van der Waals surface area contributed by atoms with Gasteiger partial charge in [0, 0.05) is 5.92 Å². The second-order valence-corrected chi connectivity index (χ2v) is 3.99. The van der Waals surface area contributed by atoms with E-state index in [2.05, 4.69) is 21.9 Å². The molecule has 0 saturated carbocycles. The fourth-order valence-corrected chi connectivity index (χ4v) is 2.34. The summed E-state index contributed by atoms with van der Waals surface area (Å²) in [7, 11) is 0. The van der Waals surface area contributed by atoms with Crippen molar-refractivity contribution in [3.63, 3.8) is 0 Å². The minimum absolute atomic E-state index is 0.0168. The molecular formula is C9H13BrO2. The molecule has 0 radical (unpaired) electrons. The first kappa shape index (κ1) is 10.0. The molecule has 68 valence electrons. The summed E-state index contributed by atoms with van der Waals surface area (Å²) in [6.07, 6.45) is 6.18. The van der Waals surface area contributed by atoms with Crippen LogP contribution in [-0.2, 0) is 4.74 Å². The molecule has 1 aliphatic rings. The van der Waals surface area contributed by atoms with Gasteiger partial charge in [-0.05, 0) is 6.42 Å².